The molecule has 0 radical (unpaired) electrons. The molecule has 0 heterocycles. The minimum absolute atomic E-state index is 0.243. The number of halogens is 1. The van der Waals surface area contributed by atoms with Crippen molar-refractivity contribution < 1.29 is 10.0 Å². The van der Waals surface area contributed by atoms with Crippen LogP contribution in [0.1, 0.15) is 16.7 Å². The van der Waals surface area contributed by atoms with E-state index >= 15 is 0 Å². The van der Waals surface area contributed by atoms with Gasteiger partial charge in [0.1, 0.15) is 12.3 Å². The molecule has 0 bridgehead atoms. The van der Waals surface area contributed by atoms with Crippen LogP contribution >= 0.6 is 15.9 Å². The van der Waals surface area contributed by atoms with Crippen LogP contribution in [0.3, 0.4) is 0 Å². The van der Waals surface area contributed by atoms with E-state index in [2.05, 4.69) is 53.2 Å². The maximum Gasteiger partial charge on any atom is 0.124 e. The Kier molecular flexibility index (Phi) is 5.53. The normalized spacial score (nSPS) is 11.4. The van der Waals surface area contributed by atoms with Crippen LogP contribution in [0.5, 0.6) is 5.75 Å². The van der Waals surface area contributed by atoms with Crippen LogP contribution in [0.4, 0.5) is 0 Å². The van der Waals surface area contributed by atoms with Crippen molar-refractivity contribution in [3.8, 4) is 5.75 Å². The lowest BCUT2D eigenvalue weighted by atomic mass is 10.1. The maximum absolute atomic E-state index is 9.79. The molecule has 2 N–H and O–H groups in total. The summed E-state index contributed by atoms with van der Waals surface area (Å²) < 4.78 is 0.929. The van der Waals surface area contributed by atoms with Crippen LogP contribution in [-0.2, 0) is 13.1 Å². The van der Waals surface area contributed by atoms with Crippen LogP contribution in [-0.4, -0.2) is 25.4 Å². The van der Waals surface area contributed by atoms with Gasteiger partial charge in [0, 0.05) is 21.8 Å². The number of phenols is 1. The van der Waals surface area contributed by atoms with E-state index in [4.69, 9.17) is 0 Å². The molecule has 0 aliphatic rings. The first-order chi connectivity index (χ1) is 10.1. The second kappa shape index (κ2) is 7.38. The molecular weight excluding hydrogens is 328 g/mol. The van der Waals surface area contributed by atoms with Gasteiger partial charge in [-0.1, -0.05) is 40.2 Å². The fourth-order valence-corrected chi connectivity index (χ4v) is 2.52. The molecule has 0 aliphatic heterocycles. The van der Waals surface area contributed by atoms with Crippen molar-refractivity contribution in [1.82, 2.24) is 0 Å². The monoisotopic (exact) mass is 347 g/mol. The number of nitrogens with one attached hydrogen (secondary N) is 1. The molecular formula is C17H20BrN2O+. The summed E-state index contributed by atoms with van der Waals surface area (Å²) in [6.45, 7) is 1.60. The number of benzene rings is 2. The number of hydrogen-bond donors (Lipinski definition) is 2. The quantitative estimate of drug-likeness (QED) is 0.800. The van der Waals surface area contributed by atoms with Gasteiger partial charge in [-0.25, -0.2) is 0 Å². The van der Waals surface area contributed by atoms with E-state index in [-0.39, 0.29) is 5.75 Å². The smallest absolute Gasteiger partial charge is 0.124 e. The number of rotatable bonds is 5. The third-order valence-electron chi connectivity index (χ3n) is 3.14. The van der Waals surface area contributed by atoms with E-state index < -0.39 is 0 Å². The van der Waals surface area contributed by atoms with Gasteiger partial charge < -0.3 is 10.0 Å². The molecule has 2 rings (SSSR count). The SMILES string of the molecule is C[NH+](C)Cc1ccccc1CN=Cc1cc(Br)ccc1O. The molecule has 0 spiro atoms. The second-order valence-corrected chi connectivity index (χ2v) is 6.24. The lowest BCUT2D eigenvalue weighted by Crippen LogP contribution is -3.04. The molecule has 2 aromatic carbocycles. The van der Waals surface area contributed by atoms with Gasteiger partial charge in [-0.3, -0.25) is 4.99 Å². The Morgan fingerprint density at radius 3 is 2.57 bits per heavy atom. The summed E-state index contributed by atoms with van der Waals surface area (Å²) in [5.74, 6) is 0.243. The second-order valence-electron chi connectivity index (χ2n) is 5.33. The van der Waals surface area contributed by atoms with Crippen molar-refractivity contribution >= 4 is 22.1 Å². The number of aliphatic imine (C=N–C) groups is 1. The minimum Gasteiger partial charge on any atom is -0.507 e. The highest BCUT2D eigenvalue weighted by Gasteiger charge is 2.04. The predicted molar refractivity (Wildman–Crippen MR) is 90.1 cm³/mol. The van der Waals surface area contributed by atoms with Crippen molar-refractivity contribution in [3.63, 3.8) is 0 Å². The molecule has 4 heteroatoms. The first-order valence-corrected chi connectivity index (χ1v) is 7.69. The van der Waals surface area contributed by atoms with E-state index in [1.807, 2.05) is 18.2 Å². The lowest BCUT2D eigenvalue weighted by Gasteiger charge is -2.10. The van der Waals surface area contributed by atoms with Crippen LogP contribution < -0.4 is 4.90 Å². The first-order valence-electron chi connectivity index (χ1n) is 6.90. The average molecular weight is 348 g/mol. The van der Waals surface area contributed by atoms with E-state index in [0.29, 0.717) is 6.54 Å². The highest BCUT2D eigenvalue weighted by atomic mass is 79.9. The minimum atomic E-state index is 0.243. The molecule has 0 atom stereocenters. The van der Waals surface area contributed by atoms with Crippen LogP contribution in [0.15, 0.2) is 51.9 Å². The lowest BCUT2D eigenvalue weighted by molar-refractivity contribution is -0.872. The molecule has 0 unspecified atom stereocenters. The molecule has 0 aliphatic carbocycles. The Hall–Kier alpha value is -1.65. The molecule has 21 heavy (non-hydrogen) atoms. The summed E-state index contributed by atoms with van der Waals surface area (Å²) in [6, 6.07) is 13.7. The summed E-state index contributed by atoms with van der Waals surface area (Å²) in [5.41, 5.74) is 3.26. The van der Waals surface area contributed by atoms with Gasteiger partial charge in [-0.15, -0.1) is 0 Å². The Bertz CT molecular complexity index is 638. The summed E-state index contributed by atoms with van der Waals surface area (Å²) in [5, 5.41) is 9.79. The fourth-order valence-electron chi connectivity index (χ4n) is 2.14. The summed E-state index contributed by atoms with van der Waals surface area (Å²) in [4.78, 5) is 5.85. The molecule has 0 saturated carbocycles. The zero-order valence-electron chi connectivity index (χ0n) is 12.3. The summed E-state index contributed by atoms with van der Waals surface area (Å²) >= 11 is 3.40. The zero-order valence-corrected chi connectivity index (χ0v) is 13.9. The standard InChI is InChI=1S/C17H19BrN2O/c1-20(2)12-14-6-4-3-5-13(14)10-19-11-15-9-16(18)7-8-17(15)21/h3-9,11,21H,10,12H2,1-2H3/p+1. The zero-order chi connectivity index (χ0) is 15.2. The van der Waals surface area contributed by atoms with E-state index in [1.54, 1.807) is 12.3 Å². The molecule has 110 valence electrons. The fraction of sp³-hybridized carbons (Fsp3) is 0.235. The van der Waals surface area contributed by atoms with Gasteiger partial charge in [0.25, 0.3) is 0 Å². The Balaban J connectivity index is 2.12. The first kappa shape index (κ1) is 15.7. The molecule has 0 saturated heterocycles. The molecule has 3 nitrogen and oxygen atoms in total. The molecule has 0 amide bonds. The molecule has 0 fully saturated rings. The average Bonchev–Trinajstić information content (AvgIpc) is 2.44. The van der Waals surface area contributed by atoms with E-state index in [9.17, 15) is 5.11 Å². The van der Waals surface area contributed by atoms with E-state index in [1.165, 1.54) is 16.0 Å². The highest BCUT2D eigenvalue weighted by Crippen LogP contribution is 2.20. The van der Waals surface area contributed by atoms with Crippen LogP contribution in [0.25, 0.3) is 0 Å². The predicted octanol–water partition coefficient (Wildman–Crippen LogP) is 2.42. The van der Waals surface area contributed by atoms with Gasteiger partial charge in [-0.2, -0.15) is 0 Å². The van der Waals surface area contributed by atoms with Crippen molar-refractivity contribution in [2.75, 3.05) is 14.1 Å². The number of hydrogen-bond acceptors (Lipinski definition) is 2. The number of phenolic OH excluding ortho intramolecular Hbond substituents is 1. The molecule has 2 aromatic rings. The van der Waals surface area contributed by atoms with Crippen LogP contribution in [0, 0.1) is 0 Å². The van der Waals surface area contributed by atoms with E-state index in [0.717, 1.165) is 16.6 Å². The van der Waals surface area contributed by atoms with Gasteiger partial charge in [0.15, 0.2) is 0 Å². The maximum atomic E-state index is 9.79. The van der Waals surface area contributed by atoms with Crippen molar-refractivity contribution in [1.29, 1.82) is 0 Å². The number of nitrogens with zero attached hydrogens (tertiary/aromatic N) is 1. The number of aromatic hydroxyl groups is 1. The third-order valence-corrected chi connectivity index (χ3v) is 3.64. The highest BCUT2D eigenvalue weighted by molar-refractivity contribution is 9.10. The Morgan fingerprint density at radius 2 is 1.86 bits per heavy atom. The largest absolute Gasteiger partial charge is 0.507 e. The number of quaternary nitrogens is 1. The van der Waals surface area contributed by atoms with Crippen molar-refractivity contribution in [3.05, 3.63) is 63.6 Å². The Labute approximate surface area is 134 Å². The van der Waals surface area contributed by atoms with Crippen LogP contribution in [0.2, 0.25) is 0 Å². The summed E-state index contributed by atoms with van der Waals surface area (Å²) in [6.07, 6.45) is 1.72. The van der Waals surface area contributed by atoms with Gasteiger partial charge in [0.05, 0.1) is 20.6 Å². The van der Waals surface area contributed by atoms with Gasteiger partial charge in [-0.05, 0) is 23.8 Å². The Morgan fingerprint density at radius 1 is 1.14 bits per heavy atom. The third kappa shape index (κ3) is 4.69. The summed E-state index contributed by atoms with van der Waals surface area (Å²) in [7, 11) is 4.28. The topological polar surface area (TPSA) is 37.0 Å². The van der Waals surface area contributed by atoms with Gasteiger partial charge >= 0.3 is 0 Å². The molecule has 0 aromatic heterocycles. The van der Waals surface area contributed by atoms with Gasteiger partial charge in [0.2, 0.25) is 0 Å². The van der Waals surface area contributed by atoms with Crippen molar-refractivity contribution in [2.45, 2.75) is 13.1 Å². The van der Waals surface area contributed by atoms with Crippen molar-refractivity contribution in [2.24, 2.45) is 4.99 Å².